The van der Waals surface area contributed by atoms with E-state index in [1.54, 1.807) is 24.3 Å². The highest BCUT2D eigenvalue weighted by Gasteiger charge is 2.18. The molecule has 6 nitrogen and oxygen atoms in total. The van der Waals surface area contributed by atoms with Gasteiger partial charge in [-0.15, -0.1) is 11.8 Å². The highest BCUT2D eigenvalue weighted by molar-refractivity contribution is 8.00. The maximum absolute atomic E-state index is 12.5. The first-order valence-electron chi connectivity index (χ1n) is 8.43. The number of fused-ring (bicyclic) bond motifs is 1. The van der Waals surface area contributed by atoms with Gasteiger partial charge in [0.25, 0.3) is 11.8 Å². The van der Waals surface area contributed by atoms with Crippen molar-refractivity contribution < 1.29 is 14.4 Å². The molecule has 0 saturated carbocycles. The molecule has 3 amide bonds. The number of hydrogen-bond donors (Lipinski definition) is 3. The number of carbonyl (C=O) groups is 3. The fourth-order valence-corrected chi connectivity index (χ4v) is 3.59. The van der Waals surface area contributed by atoms with Crippen molar-refractivity contribution in [2.45, 2.75) is 18.2 Å². The average molecular weight is 404 g/mol. The van der Waals surface area contributed by atoms with Gasteiger partial charge in [-0.3, -0.25) is 14.4 Å². The summed E-state index contributed by atoms with van der Waals surface area (Å²) >= 11 is 7.62. The normalized spacial score (nSPS) is 12.7. The summed E-state index contributed by atoms with van der Waals surface area (Å²) in [7, 11) is 0. The number of thioether (sulfide) groups is 1. The summed E-state index contributed by atoms with van der Waals surface area (Å²) in [5.41, 5.74) is 1.88. The molecule has 2 aromatic carbocycles. The van der Waals surface area contributed by atoms with E-state index < -0.39 is 0 Å². The van der Waals surface area contributed by atoms with Crippen LogP contribution in [0.2, 0.25) is 5.02 Å². The molecule has 0 saturated heterocycles. The van der Waals surface area contributed by atoms with Crippen molar-refractivity contribution in [3.05, 3.63) is 52.5 Å². The van der Waals surface area contributed by atoms with Gasteiger partial charge < -0.3 is 16.0 Å². The van der Waals surface area contributed by atoms with Crippen molar-refractivity contribution in [1.29, 1.82) is 0 Å². The zero-order valence-corrected chi connectivity index (χ0v) is 16.2. The Kier molecular flexibility index (Phi) is 6.03. The molecule has 0 unspecified atom stereocenters. The third kappa shape index (κ3) is 4.61. The Hall–Kier alpha value is -2.51. The SMILES string of the molecule is CCCNC(=O)c1ccc(NC(=O)c2ccc3c(c2)NC(=O)CS3)cc1Cl. The van der Waals surface area contributed by atoms with Crippen LogP contribution in [0.1, 0.15) is 34.1 Å². The van der Waals surface area contributed by atoms with Crippen LogP contribution in [0.4, 0.5) is 11.4 Å². The third-order valence-corrected chi connectivity index (χ3v) is 5.27. The molecule has 1 aliphatic rings. The van der Waals surface area contributed by atoms with Crippen LogP contribution >= 0.6 is 23.4 Å². The van der Waals surface area contributed by atoms with E-state index >= 15 is 0 Å². The van der Waals surface area contributed by atoms with Crippen LogP contribution in [0.5, 0.6) is 0 Å². The molecular weight excluding hydrogens is 386 g/mol. The van der Waals surface area contributed by atoms with Crippen LogP contribution in [-0.2, 0) is 4.79 Å². The Bertz CT molecular complexity index is 917. The van der Waals surface area contributed by atoms with E-state index in [2.05, 4.69) is 16.0 Å². The van der Waals surface area contributed by atoms with Gasteiger partial charge in [0.2, 0.25) is 5.91 Å². The molecule has 2 aromatic rings. The summed E-state index contributed by atoms with van der Waals surface area (Å²) in [5.74, 6) is -0.298. The minimum absolute atomic E-state index is 0.0891. The molecule has 0 bridgehead atoms. The number of benzene rings is 2. The van der Waals surface area contributed by atoms with Gasteiger partial charge in [0.15, 0.2) is 0 Å². The quantitative estimate of drug-likeness (QED) is 0.709. The summed E-state index contributed by atoms with van der Waals surface area (Å²) in [5, 5.41) is 8.53. The number of nitrogens with one attached hydrogen (secondary N) is 3. The van der Waals surface area contributed by atoms with Crippen LogP contribution in [0.25, 0.3) is 0 Å². The van der Waals surface area contributed by atoms with Crippen molar-refractivity contribution in [2.24, 2.45) is 0 Å². The van der Waals surface area contributed by atoms with Gasteiger partial charge in [-0.05, 0) is 42.8 Å². The second kappa shape index (κ2) is 8.45. The first-order chi connectivity index (χ1) is 13.0. The Morgan fingerprint density at radius 2 is 2.00 bits per heavy atom. The Morgan fingerprint density at radius 3 is 2.74 bits per heavy atom. The molecule has 8 heteroatoms. The van der Waals surface area contributed by atoms with Crippen LogP contribution < -0.4 is 16.0 Å². The van der Waals surface area contributed by atoms with E-state index in [1.165, 1.54) is 17.8 Å². The number of rotatable bonds is 5. The zero-order chi connectivity index (χ0) is 19.4. The maximum atomic E-state index is 12.5. The molecule has 27 heavy (non-hydrogen) atoms. The summed E-state index contributed by atoms with van der Waals surface area (Å²) in [6.45, 7) is 2.53. The molecule has 140 valence electrons. The summed E-state index contributed by atoms with van der Waals surface area (Å²) < 4.78 is 0. The van der Waals surface area contributed by atoms with Crippen LogP contribution in [0.3, 0.4) is 0 Å². The minimum Gasteiger partial charge on any atom is -0.352 e. The number of amides is 3. The zero-order valence-electron chi connectivity index (χ0n) is 14.6. The van der Waals surface area contributed by atoms with E-state index in [-0.39, 0.29) is 22.7 Å². The van der Waals surface area contributed by atoms with Gasteiger partial charge in [-0.1, -0.05) is 18.5 Å². The maximum Gasteiger partial charge on any atom is 0.255 e. The predicted octanol–water partition coefficient (Wildman–Crippen LogP) is 3.78. The average Bonchev–Trinajstić information content (AvgIpc) is 2.65. The van der Waals surface area contributed by atoms with E-state index in [1.807, 2.05) is 13.0 Å². The molecule has 0 atom stereocenters. The Morgan fingerprint density at radius 1 is 1.19 bits per heavy atom. The highest BCUT2D eigenvalue weighted by Crippen LogP contribution is 2.32. The first kappa shape index (κ1) is 19.3. The smallest absolute Gasteiger partial charge is 0.255 e. The van der Waals surface area contributed by atoms with Gasteiger partial charge >= 0.3 is 0 Å². The molecule has 1 heterocycles. The van der Waals surface area contributed by atoms with Crippen LogP contribution in [0.15, 0.2) is 41.3 Å². The predicted molar refractivity (Wildman–Crippen MR) is 108 cm³/mol. The number of anilines is 2. The van der Waals surface area contributed by atoms with Gasteiger partial charge in [0.1, 0.15) is 0 Å². The van der Waals surface area contributed by atoms with Gasteiger partial charge in [0, 0.05) is 22.7 Å². The van der Waals surface area contributed by atoms with Crippen molar-refractivity contribution in [1.82, 2.24) is 5.32 Å². The van der Waals surface area contributed by atoms with Gasteiger partial charge in [0.05, 0.1) is 22.0 Å². The highest BCUT2D eigenvalue weighted by atomic mass is 35.5. The number of halogens is 1. The van der Waals surface area contributed by atoms with Crippen molar-refractivity contribution in [2.75, 3.05) is 22.9 Å². The number of hydrogen-bond acceptors (Lipinski definition) is 4. The Balaban J connectivity index is 1.73. The molecule has 0 aliphatic carbocycles. The van der Waals surface area contributed by atoms with E-state index in [0.29, 0.717) is 34.8 Å². The van der Waals surface area contributed by atoms with Crippen molar-refractivity contribution in [3.63, 3.8) is 0 Å². The van der Waals surface area contributed by atoms with Gasteiger partial charge in [-0.2, -0.15) is 0 Å². The lowest BCUT2D eigenvalue weighted by molar-refractivity contribution is -0.113. The molecule has 0 radical (unpaired) electrons. The second-order valence-electron chi connectivity index (χ2n) is 5.95. The molecule has 1 aliphatic heterocycles. The summed E-state index contributed by atoms with van der Waals surface area (Å²) in [6, 6.07) is 9.89. The largest absolute Gasteiger partial charge is 0.352 e. The van der Waals surface area contributed by atoms with E-state index in [4.69, 9.17) is 11.6 Å². The van der Waals surface area contributed by atoms with E-state index in [0.717, 1.165) is 11.3 Å². The monoisotopic (exact) mass is 403 g/mol. The van der Waals surface area contributed by atoms with Crippen LogP contribution in [-0.4, -0.2) is 30.0 Å². The minimum atomic E-state index is -0.332. The third-order valence-electron chi connectivity index (χ3n) is 3.88. The molecule has 3 N–H and O–H groups in total. The first-order valence-corrected chi connectivity index (χ1v) is 9.80. The fraction of sp³-hybridized carbons (Fsp3) is 0.211. The summed E-state index contributed by atoms with van der Waals surface area (Å²) in [4.78, 5) is 37.0. The van der Waals surface area contributed by atoms with Crippen molar-refractivity contribution in [3.8, 4) is 0 Å². The van der Waals surface area contributed by atoms with Crippen molar-refractivity contribution >= 4 is 52.5 Å². The molecule has 0 spiro atoms. The van der Waals surface area contributed by atoms with Crippen LogP contribution in [0, 0.1) is 0 Å². The lowest BCUT2D eigenvalue weighted by Gasteiger charge is -2.17. The lowest BCUT2D eigenvalue weighted by Crippen LogP contribution is -2.24. The molecule has 0 aromatic heterocycles. The second-order valence-corrected chi connectivity index (χ2v) is 7.38. The molecule has 0 fully saturated rings. The lowest BCUT2D eigenvalue weighted by atomic mass is 10.1. The molecule has 3 rings (SSSR count). The fourth-order valence-electron chi connectivity index (χ4n) is 2.54. The number of carbonyl (C=O) groups excluding carboxylic acids is 3. The standard InChI is InChI=1S/C19H18ClN3O3S/c1-2-7-21-19(26)13-5-4-12(9-14(13)20)22-18(25)11-3-6-16-15(8-11)23-17(24)10-27-16/h3-6,8-9H,2,7,10H2,1H3,(H,21,26)(H,22,25)(H,23,24). The Labute approximate surface area is 166 Å². The summed E-state index contributed by atoms with van der Waals surface area (Å²) in [6.07, 6.45) is 0.831. The topological polar surface area (TPSA) is 87.3 Å². The molecular formula is C19H18ClN3O3S. The van der Waals surface area contributed by atoms with E-state index in [9.17, 15) is 14.4 Å². The van der Waals surface area contributed by atoms with Gasteiger partial charge in [-0.25, -0.2) is 0 Å².